The van der Waals surface area contributed by atoms with Gasteiger partial charge in [-0.05, 0) is 29.3 Å². The van der Waals surface area contributed by atoms with E-state index in [0.717, 1.165) is 51.7 Å². The lowest BCUT2D eigenvalue weighted by molar-refractivity contribution is 0.0679. The number of anilines is 1. The topological polar surface area (TPSA) is 88.4 Å². The number of carbonyl (C=O) groups is 1. The van der Waals surface area contributed by atoms with Gasteiger partial charge >= 0.3 is 6.03 Å². The van der Waals surface area contributed by atoms with Gasteiger partial charge in [-0.15, -0.1) is 0 Å². The number of fused-ring (bicyclic) bond motifs is 4. The predicted octanol–water partition coefficient (Wildman–Crippen LogP) is 3.48. The lowest BCUT2D eigenvalue weighted by Gasteiger charge is -2.36. The van der Waals surface area contributed by atoms with E-state index in [1.54, 1.807) is 0 Å². The maximum absolute atomic E-state index is 11.9. The van der Waals surface area contributed by atoms with Gasteiger partial charge in [0, 0.05) is 49.2 Å². The van der Waals surface area contributed by atoms with E-state index in [4.69, 9.17) is 21.3 Å². The molecule has 10 heteroatoms. The number of imidazole rings is 1. The molecule has 2 amide bonds. The molecule has 9 nitrogen and oxygen atoms in total. The highest BCUT2D eigenvalue weighted by molar-refractivity contribution is 6.31. The molecule has 0 bridgehead atoms. The molecule has 7 rings (SSSR count). The fraction of sp³-hybridized carbons (Fsp3) is 0.308. The fourth-order valence-corrected chi connectivity index (χ4v) is 5.76. The highest BCUT2D eigenvalue weighted by atomic mass is 35.5. The molecule has 4 aromatic rings. The normalized spacial score (nSPS) is 21.4. The van der Waals surface area contributed by atoms with Crippen LogP contribution in [0, 0.1) is 0 Å². The number of aromatic nitrogens is 4. The number of ether oxygens (including phenoxy) is 1. The molecule has 3 aliphatic rings. The lowest BCUT2D eigenvalue weighted by atomic mass is 10.0. The van der Waals surface area contributed by atoms with Crippen LogP contribution in [0.3, 0.4) is 0 Å². The van der Waals surface area contributed by atoms with Crippen LogP contribution in [0.4, 0.5) is 10.7 Å². The smallest absolute Gasteiger partial charge is 0.317 e. The molecule has 2 fully saturated rings. The van der Waals surface area contributed by atoms with Gasteiger partial charge in [0.1, 0.15) is 12.4 Å². The molecule has 0 saturated carbocycles. The second-order valence-corrected chi connectivity index (χ2v) is 9.81. The Morgan fingerprint density at radius 3 is 2.78 bits per heavy atom. The third kappa shape index (κ3) is 3.50. The van der Waals surface area contributed by atoms with Gasteiger partial charge in [-0.25, -0.2) is 19.7 Å². The number of halogens is 1. The second-order valence-electron chi connectivity index (χ2n) is 9.40. The lowest BCUT2D eigenvalue weighted by Crippen LogP contribution is -2.52. The van der Waals surface area contributed by atoms with Crippen LogP contribution in [-0.2, 0) is 11.3 Å². The van der Waals surface area contributed by atoms with Crippen LogP contribution in [0.25, 0.3) is 22.2 Å². The van der Waals surface area contributed by atoms with Gasteiger partial charge in [-0.3, -0.25) is 0 Å². The van der Waals surface area contributed by atoms with E-state index in [9.17, 15) is 4.79 Å². The number of amides is 2. The van der Waals surface area contributed by atoms with Crippen molar-refractivity contribution < 1.29 is 9.53 Å². The van der Waals surface area contributed by atoms with Crippen LogP contribution >= 0.6 is 11.6 Å². The molecule has 2 atom stereocenters. The summed E-state index contributed by atoms with van der Waals surface area (Å²) in [6.45, 7) is 3.82. The standard InChI is InChI=1S/C26H24ClN7O2/c27-20-4-2-1-3-19(20)23-14-36-15-24-31-21-6-5-16(9-22(21)34(23)24)17-10-28-25(29-11-17)32-7-8-33-18(13-32)12-30-26(33)35/h1-6,9-11,18,23H,7-8,12-15H2,(H,30,35)/t18?,23-/m1/s1. The molecule has 0 spiro atoms. The first-order chi connectivity index (χ1) is 17.7. The number of hydrogen-bond acceptors (Lipinski definition) is 6. The Morgan fingerprint density at radius 2 is 1.92 bits per heavy atom. The van der Waals surface area contributed by atoms with E-state index in [-0.39, 0.29) is 18.1 Å². The summed E-state index contributed by atoms with van der Waals surface area (Å²) < 4.78 is 8.12. The number of nitrogens with zero attached hydrogens (tertiary/aromatic N) is 6. The van der Waals surface area contributed by atoms with Gasteiger partial charge in [0.2, 0.25) is 5.95 Å². The summed E-state index contributed by atoms with van der Waals surface area (Å²) in [5, 5.41) is 3.63. The molecule has 0 radical (unpaired) electrons. The van der Waals surface area contributed by atoms with Crippen LogP contribution in [0.15, 0.2) is 54.9 Å². The summed E-state index contributed by atoms with van der Waals surface area (Å²) in [5.41, 5.74) is 4.95. The first-order valence-corrected chi connectivity index (χ1v) is 12.5. The molecular weight excluding hydrogens is 478 g/mol. The molecule has 5 heterocycles. The zero-order valence-corrected chi connectivity index (χ0v) is 20.2. The summed E-state index contributed by atoms with van der Waals surface area (Å²) >= 11 is 6.55. The van der Waals surface area contributed by atoms with E-state index in [0.29, 0.717) is 32.3 Å². The van der Waals surface area contributed by atoms with E-state index in [2.05, 4.69) is 36.9 Å². The molecular formula is C26H24ClN7O2. The van der Waals surface area contributed by atoms with Gasteiger partial charge in [-0.1, -0.05) is 35.9 Å². The minimum atomic E-state index is -0.0445. The van der Waals surface area contributed by atoms with Crippen molar-refractivity contribution in [3.8, 4) is 11.1 Å². The number of carbonyl (C=O) groups excluding carboxylic acids is 1. The first kappa shape index (κ1) is 21.6. The van der Waals surface area contributed by atoms with Crippen molar-refractivity contribution in [3.63, 3.8) is 0 Å². The molecule has 2 saturated heterocycles. The van der Waals surface area contributed by atoms with Crippen molar-refractivity contribution in [1.82, 2.24) is 29.7 Å². The molecule has 1 unspecified atom stereocenters. The number of rotatable bonds is 3. The third-order valence-corrected chi connectivity index (χ3v) is 7.68. The van der Waals surface area contributed by atoms with Crippen LogP contribution < -0.4 is 10.2 Å². The minimum Gasteiger partial charge on any atom is -0.371 e. The quantitative estimate of drug-likeness (QED) is 0.462. The Labute approximate surface area is 212 Å². The van der Waals surface area contributed by atoms with Gasteiger partial charge in [0.25, 0.3) is 0 Å². The number of hydrogen-bond donors (Lipinski definition) is 1. The zero-order valence-electron chi connectivity index (χ0n) is 19.5. The molecule has 2 aromatic carbocycles. The van der Waals surface area contributed by atoms with Gasteiger partial charge in [-0.2, -0.15) is 0 Å². The van der Waals surface area contributed by atoms with Gasteiger partial charge < -0.3 is 24.4 Å². The largest absolute Gasteiger partial charge is 0.371 e. The van der Waals surface area contributed by atoms with Crippen LogP contribution in [0.2, 0.25) is 5.02 Å². The van der Waals surface area contributed by atoms with Crippen LogP contribution in [0.1, 0.15) is 17.4 Å². The van der Waals surface area contributed by atoms with Crippen molar-refractivity contribution in [3.05, 3.63) is 71.3 Å². The maximum Gasteiger partial charge on any atom is 0.317 e. The highest BCUT2D eigenvalue weighted by Gasteiger charge is 2.36. The summed E-state index contributed by atoms with van der Waals surface area (Å²) in [6, 6.07) is 14.3. The van der Waals surface area contributed by atoms with E-state index >= 15 is 0 Å². The van der Waals surface area contributed by atoms with Crippen molar-refractivity contribution in [2.75, 3.05) is 37.7 Å². The van der Waals surface area contributed by atoms with Crippen LogP contribution in [-0.4, -0.2) is 69.3 Å². The molecule has 3 aliphatic heterocycles. The van der Waals surface area contributed by atoms with Gasteiger partial charge in [0.15, 0.2) is 0 Å². The van der Waals surface area contributed by atoms with Crippen molar-refractivity contribution in [1.29, 1.82) is 0 Å². The SMILES string of the molecule is O=C1NCC2CN(c3ncc(-c4ccc5nc6n(c5c4)[C@@H](c4ccccc4Cl)COC6)cn3)CCN12. The summed E-state index contributed by atoms with van der Waals surface area (Å²) in [6.07, 6.45) is 3.74. The Bertz CT molecular complexity index is 1470. The molecule has 2 aromatic heterocycles. The van der Waals surface area contributed by atoms with Gasteiger partial charge in [0.05, 0.1) is 29.7 Å². The Kier molecular flexibility index (Phi) is 5.07. The average Bonchev–Trinajstić information content (AvgIpc) is 3.48. The monoisotopic (exact) mass is 501 g/mol. The number of urea groups is 1. The Hall–Kier alpha value is -3.69. The summed E-state index contributed by atoms with van der Waals surface area (Å²) in [4.78, 5) is 30.1. The number of nitrogens with one attached hydrogen (secondary N) is 1. The van der Waals surface area contributed by atoms with Crippen LogP contribution in [0.5, 0.6) is 0 Å². The number of piperazine rings is 1. The average molecular weight is 502 g/mol. The van der Waals surface area contributed by atoms with E-state index < -0.39 is 0 Å². The molecule has 36 heavy (non-hydrogen) atoms. The predicted molar refractivity (Wildman–Crippen MR) is 136 cm³/mol. The maximum atomic E-state index is 11.9. The summed E-state index contributed by atoms with van der Waals surface area (Å²) in [7, 11) is 0. The third-order valence-electron chi connectivity index (χ3n) is 7.33. The molecule has 182 valence electrons. The fourth-order valence-electron chi connectivity index (χ4n) is 5.50. The van der Waals surface area contributed by atoms with Crippen molar-refractivity contribution in [2.24, 2.45) is 0 Å². The van der Waals surface area contributed by atoms with E-state index in [1.165, 1.54) is 0 Å². The molecule has 0 aliphatic carbocycles. The Balaban J connectivity index is 1.20. The summed E-state index contributed by atoms with van der Waals surface area (Å²) in [5.74, 6) is 1.58. The highest BCUT2D eigenvalue weighted by Crippen LogP contribution is 2.35. The number of benzene rings is 2. The van der Waals surface area contributed by atoms with Crippen molar-refractivity contribution in [2.45, 2.75) is 18.7 Å². The Morgan fingerprint density at radius 1 is 1.06 bits per heavy atom. The zero-order chi connectivity index (χ0) is 24.2. The second kappa shape index (κ2) is 8.46. The molecule has 1 N–H and O–H groups in total. The van der Waals surface area contributed by atoms with Crippen molar-refractivity contribution >= 4 is 34.6 Å². The minimum absolute atomic E-state index is 0.0247. The van der Waals surface area contributed by atoms with E-state index in [1.807, 2.05) is 47.6 Å². The first-order valence-electron chi connectivity index (χ1n) is 12.1.